The Labute approximate surface area is 166 Å². The minimum absolute atomic E-state index is 0.298. The SMILES string of the molecule is c1ccc(COc2ccc3c(c2)CO[C@H]2CN(Cc4ccccc4)C[C@H]32)cc1. The second-order valence-electron chi connectivity index (χ2n) is 7.77. The average molecular weight is 371 g/mol. The summed E-state index contributed by atoms with van der Waals surface area (Å²) in [6, 6.07) is 27.5. The molecule has 0 amide bonds. The maximum absolute atomic E-state index is 6.22. The summed E-state index contributed by atoms with van der Waals surface area (Å²) in [4.78, 5) is 2.51. The number of hydrogen-bond donors (Lipinski definition) is 0. The first-order valence-electron chi connectivity index (χ1n) is 10.0. The number of benzene rings is 3. The summed E-state index contributed by atoms with van der Waals surface area (Å²) in [5.74, 6) is 1.37. The van der Waals surface area contributed by atoms with Crippen molar-refractivity contribution in [2.45, 2.75) is 31.8 Å². The number of rotatable bonds is 5. The molecule has 2 aliphatic heterocycles. The molecule has 0 unspecified atom stereocenters. The molecule has 2 aliphatic rings. The Kier molecular flexibility index (Phi) is 4.86. The van der Waals surface area contributed by atoms with Gasteiger partial charge < -0.3 is 9.47 Å². The summed E-state index contributed by atoms with van der Waals surface area (Å²) in [5, 5.41) is 0. The van der Waals surface area contributed by atoms with Gasteiger partial charge in [-0.15, -0.1) is 0 Å². The van der Waals surface area contributed by atoms with Crippen molar-refractivity contribution in [3.05, 3.63) is 101 Å². The smallest absolute Gasteiger partial charge is 0.120 e. The van der Waals surface area contributed by atoms with Crippen LogP contribution in [0.4, 0.5) is 0 Å². The van der Waals surface area contributed by atoms with Gasteiger partial charge in [-0.05, 0) is 34.4 Å². The molecule has 0 N–H and O–H groups in total. The molecule has 3 heteroatoms. The molecule has 2 heterocycles. The van der Waals surface area contributed by atoms with Gasteiger partial charge in [-0.1, -0.05) is 66.7 Å². The van der Waals surface area contributed by atoms with Gasteiger partial charge in [-0.3, -0.25) is 4.90 Å². The van der Waals surface area contributed by atoms with Crippen LogP contribution in [0.25, 0.3) is 0 Å². The van der Waals surface area contributed by atoms with Gasteiger partial charge in [0.2, 0.25) is 0 Å². The zero-order chi connectivity index (χ0) is 18.8. The Morgan fingerprint density at radius 2 is 1.61 bits per heavy atom. The molecule has 3 aromatic carbocycles. The molecule has 0 radical (unpaired) electrons. The third-order valence-corrected chi connectivity index (χ3v) is 5.81. The molecule has 3 aromatic rings. The van der Waals surface area contributed by atoms with Crippen molar-refractivity contribution in [2.24, 2.45) is 0 Å². The minimum atomic E-state index is 0.298. The fourth-order valence-corrected chi connectivity index (χ4v) is 4.39. The summed E-state index contributed by atoms with van der Waals surface area (Å²) >= 11 is 0. The first-order valence-corrected chi connectivity index (χ1v) is 10.0. The largest absolute Gasteiger partial charge is 0.489 e. The highest BCUT2D eigenvalue weighted by molar-refractivity contribution is 5.40. The number of fused-ring (bicyclic) bond motifs is 3. The van der Waals surface area contributed by atoms with Gasteiger partial charge in [0.05, 0.1) is 12.7 Å². The summed E-state index contributed by atoms with van der Waals surface area (Å²) in [5.41, 5.74) is 5.25. The van der Waals surface area contributed by atoms with Crippen molar-refractivity contribution in [2.75, 3.05) is 13.1 Å². The van der Waals surface area contributed by atoms with Gasteiger partial charge in [-0.25, -0.2) is 0 Å². The van der Waals surface area contributed by atoms with E-state index < -0.39 is 0 Å². The molecule has 3 nitrogen and oxygen atoms in total. The Hall–Kier alpha value is -2.62. The summed E-state index contributed by atoms with van der Waals surface area (Å²) in [6.07, 6.45) is 0.298. The highest BCUT2D eigenvalue weighted by Crippen LogP contribution is 2.38. The van der Waals surface area contributed by atoms with Crippen molar-refractivity contribution in [1.29, 1.82) is 0 Å². The van der Waals surface area contributed by atoms with Gasteiger partial charge in [0, 0.05) is 25.6 Å². The Morgan fingerprint density at radius 1 is 0.857 bits per heavy atom. The predicted molar refractivity (Wildman–Crippen MR) is 110 cm³/mol. The third-order valence-electron chi connectivity index (χ3n) is 5.81. The van der Waals surface area contributed by atoms with E-state index in [1.807, 2.05) is 18.2 Å². The van der Waals surface area contributed by atoms with E-state index in [1.54, 1.807) is 0 Å². The van der Waals surface area contributed by atoms with Crippen molar-refractivity contribution in [3.8, 4) is 5.75 Å². The van der Waals surface area contributed by atoms with E-state index in [0.29, 0.717) is 25.2 Å². The molecule has 0 saturated carbocycles. The Morgan fingerprint density at radius 3 is 2.39 bits per heavy atom. The van der Waals surface area contributed by atoms with E-state index in [-0.39, 0.29) is 0 Å². The monoisotopic (exact) mass is 371 g/mol. The highest BCUT2D eigenvalue weighted by atomic mass is 16.5. The van der Waals surface area contributed by atoms with Crippen molar-refractivity contribution in [1.82, 2.24) is 4.90 Å². The number of hydrogen-bond acceptors (Lipinski definition) is 3. The van der Waals surface area contributed by atoms with Gasteiger partial charge >= 0.3 is 0 Å². The molecule has 1 saturated heterocycles. The van der Waals surface area contributed by atoms with E-state index in [4.69, 9.17) is 9.47 Å². The van der Waals surface area contributed by atoms with Crippen LogP contribution in [0.2, 0.25) is 0 Å². The molecule has 0 aromatic heterocycles. The number of nitrogens with zero attached hydrogens (tertiary/aromatic N) is 1. The zero-order valence-electron chi connectivity index (χ0n) is 16.0. The van der Waals surface area contributed by atoms with Crippen LogP contribution in [0.3, 0.4) is 0 Å². The lowest BCUT2D eigenvalue weighted by atomic mass is 9.89. The van der Waals surface area contributed by atoms with Crippen LogP contribution in [0.15, 0.2) is 78.9 Å². The minimum Gasteiger partial charge on any atom is -0.489 e. The quantitative estimate of drug-likeness (QED) is 0.645. The van der Waals surface area contributed by atoms with Crippen LogP contribution in [0.1, 0.15) is 28.2 Å². The second-order valence-corrected chi connectivity index (χ2v) is 7.77. The van der Waals surface area contributed by atoms with E-state index >= 15 is 0 Å². The van der Waals surface area contributed by atoms with Crippen LogP contribution in [-0.4, -0.2) is 24.1 Å². The standard InChI is InChI=1S/C25H25NO2/c1-3-7-19(8-4-1)14-26-15-24-23-12-11-22(13-21(23)18-28-25(24)16-26)27-17-20-9-5-2-6-10-20/h1-13,24-25H,14-18H2/t24-,25+/m1/s1. The van der Waals surface area contributed by atoms with Crippen LogP contribution in [0.5, 0.6) is 5.75 Å². The van der Waals surface area contributed by atoms with E-state index in [1.165, 1.54) is 22.3 Å². The van der Waals surface area contributed by atoms with Crippen molar-refractivity contribution < 1.29 is 9.47 Å². The third kappa shape index (κ3) is 3.68. The molecular formula is C25H25NO2. The maximum Gasteiger partial charge on any atom is 0.120 e. The summed E-state index contributed by atoms with van der Waals surface area (Å²) < 4.78 is 12.2. The fraction of sp³-hybridized carbons (Fsp3) is 0.280. The fourth-order valence-electron chi connectivity index (χ4n) is 4.39. The van der Waals surface area contributed by atoms with E-state index in [0.717, 1.165) is 25.4 Å². The van der Waals surface area contributed by atoms with Gasteiger partial charge in [0.15, 0.2) is 0 Å². The lowest BCUT2D eigenvalue weighted by Crippen LogP contribution is -2.27. The van der Waals surface area contributed by atoms with Crippen molar-refractivity contribution >= 4 is 0 Å². The molecule has 0 bridgehead atoms. The van der Waals surface area contributed by atoms with E-state index in [9.17, 15) is 0 Å². The molecular weight excluding hydrogens is 346 g/mol. The molecule has 1 fully saturated rings. The van der Waals surface area contributed by atoms with Crippen LogP contribution < -0.4 is 4.74 Å². The summed E-state index contributed by atoms with van der Waals surface area (Å²) in [6.45, 7) is 4.32. The topological polar surface area (TPSA) is 21.7 Å². The zero-order valence-corrected chi connectivity index (χ0v) is 16.0. The Balaban J connectivity index is 1.27. The first kappa shape index (κ1) is 17.5. The normalized spacial score (nSPS) is 21.1. The van der Waals surface area contributed by atoms with Crippen molar-refractivity contribution in [3.63, 3.8) is 0 Å². The van der Waals surface area contributed by atoms with Crippen LogP contribution in [0, 0.1) is 0 Å². The van der Waals surface area contributed by atoms with E-state index in [2.05, 4.69) is 65.6 Å². The van der Waals surface area contributed by atoms with Crippen LogP contribution in [-0.2, 0) is 24.5 Å². The van der Waals surface area contributed by atoms with Gasteiger partial charge in [0.1, 0.15) is 12.4 Å². The first-order chi connectivity index (χ1) is 13.8. The number of ether oxygens (including phenoxy) is 2. The molecule has 142 valence electrons. The van der Waals surface area contributed by atoms with Gasteiger partial charge in [0.25, 0.3) is 0 Å². The number of likely N-dealkylation sites (tertiary alicyclic amines) is 1. The molecule has 2 atom stereocenters. The molecule has 28 heavy (non-hydrogen) atoms. The molecule has 5 rings (SSSR count). The highest BCUT2D eigenvalue weighted by Gasteiger charge is 2.38. The lowest BCUT2D eigenvalue weighted by Gasteiger charge is -2.28. The average Bonchev–Trinajstić information content (AvgIpc) is 3.16. The molecule has 0 spiro atoms. The Bertz CT molecular complexity index is 926. The predicted octanol–water partition coefficient (Wildman–Crippen LogP) is 4.76. The lowest BCUT2D eigenvalue weighted by molar-refractivity contribution is 0.0247. The summed E-state index contributed by atoms with van der Waals surface area (Å²) in [7, 11) is 0. The molecule has 0 aliphatic carbocycles. The van der Waals surface area contributed by atoms with Gasteiger partial charge in [-0.2, -0.15) is 0 Å². The second kappa shape index (κ2) is 7.78. The maximum atomic E-state index is 6.22. The van der Waals surface area contributed by atoms with Crippen LogP contribution >= 0.6 is 0 Å².